The van der Waals surface area contributed by atoms with Crippen molar-refractivity contribution < 1.29 is 4.74 Å². The van der Waals surface area contributed by atoms with Crippen molar-refractivity contribution in [2.75, 3.05) is 6.61 Å². The molecule has 0 unspecified atom stereocenters. The summed E-state index contributed by atoms with van der Waals surface area (Å²) in [6.45, 7) is 4.84. The lowest BCUT2D eigenvalue weighted by atomic mass is 10.1. The molecule has 1 aromatic heterocycles. The predicted molar refractivity (Wildman–Crippen MR) is 112 cm³/mol. The molecule has 0 aliphatic heterocycles. The molecule has 3 aromatic rings. The highest BCUT2D eigenvalue weighted by Gasteiger charge is 2.12. The van der Waals surface area contributed by atoms with Crippen LogP contribution in [-0.4, -0.2) is 16.6 Å². The second-order valence-corrected chi connectivity index (χ2v) is 8.00. The highest BCUT2D eigenvalue weighted by atomic mass is 79.9. The van der Waals surface area contributed by atoms with Gasteiger partial charge < -0.3 is 9.72 Å². The summed E-state index contributed by atoms with van der Waals surface area (Å²) in [5, 5.41) is 9.58. The SMILES string of the molecule is CC(C)COc1c(Br)cc(/C=C(\C#N)c2nc3ccccc3[nH]2)cc1Br. The van der Waals surface area contributed by atoms with E-state index in [0.717, 1.165) is 31.3 Å². The van der Waals surface area contributed by atoms with Gasteiger partial charge in [0.1, 0.15) is 17.6 Å². The molecule has 0 bridgehead atoms. The van der Waals surface area contributed by atoms with Crippen molar-refractivity contribution >= 4 is 54.5 Å². The van der Waals surface area contributed by atoms with Gasteiger partial charge in [0, 0.05) is 0 Å². The van der Waals surface area contributed by atoms with Crippen molar-refractivity contribution in [3.05, 3.63) is 56.7 Å². The zero-order valence-corrected chi connectivity index (χ0v) is 17.6. The lowest BCUT2D eigenvalue weighted by Crippen LogP contribution is -2.05. The third kappa shape index (κ3) is 4.17. The average molecular weight is 475 g/mol. The van der Waals surface area contributed by atoms with Crippen LogP contribution in [0.4, 0.5) is 0 Å². The van der Waals surface area contributed by atoms with Crippen LogP contribution in [0.25, 0.3) is 22.7 Å². The summed E-state index contributed by atoms with van der Waals surface area (Å²) in [7, 11) is 0. The van der Waals surface area contributed by atoms with E-state index in [0.29, 0.717) is 23.9 Å². The third-order valence-corrected chi connectivity index (χ3v) is 4.84. The molecule has 6 heteroatoms. The predicted octanol–water partition coefficient (Wildman–Crippen LogP) is 6.19. The number of imidazole rings is 1. The molecule has 0 aliphatic rings. The van der Waals surface area contributed by atoms with E-state index < -0.39 is 0 Å². The lowest BCUT2D eigenvalue weighted by molar-refractivity contribution is 0.268. The van der Waals surface area contributed by atoms with Gasteiger partial charge in [-0.1, -0.05) is 26.0 Å². The number of ether oxygens (including phenoxy) is 1. The number of para-hydroxylation sites is 2. The van der Waals surface area contributed by atoms with Gasteiger partial charge in [0.15, 0.2) is 0 Å². The summed E-state index contributed by atoms with van der Waals surface area (Å²) in [5.41, 5.74) is 3.08. The van der Waals surface area contributed by atoms with E-state index in [1.807, 2.05) is 36.4 Å². The molecule has 1 heterocycles. The fourth-order valence-corrected chi connectivity index (χ4v) is 3.90. The molecule has 26 heavy (non-hydrogen) atoms. The molecule has 0 spiro atoms. The minimum absolute atomic E-state index is 0.437. The van der Waals surface area contributed by atoms with Crippen molar-refractivity contribution in [1.82, 2.24) is 9.97 Å². The second kappa shape index (κ2) is 8.07. The van der Waals surface area contributed by atoms with Crippen LogP contribution in [0.1, 0.15) is 25.2 Å². The Hall–Kier alpha value is -2.10. The van der Waals surface area contributed by atoms with E-state index in [9.17, 15) is 5.26 Å². The van der Waals surface area contributed by atoms with Crippen LogP contribution in [-0.2, 0) is 0 Å². The highest BCUT2D eigenvalue weighted by Crippen LogP contribution is 2.36. The first-order chi connectivity index (χ1) is 12.5. The molecule has 3 rings (SSSR count). The number of nitrogens with zero attached hydrogens (tertiary/aromatic N) is 2. The molecule has 0 amide bonds. The van der Waals surface area contributed by atoms with Crippen LogP contribution in [0.15, 0.2) is 45.3 Å². The molecule has 0 aliphatic carbocycles. The van der Waals surface area contributed by atoms with E-state index in [1.54, 1.807) is 6.08 Å². The molecule has 4 nitrogen and oxygen atoms in total. The minimum Gasteiger partial charge on any atom is -0.491 e. The number of H-pyrrole nitrogens is 1. The van der Waals surface area contributed by atoms with Gasteiger partial charge in [-0.2, -0.15) is 5.26 Å². The Morgan fingerprint density at radius 2 is 1.96 bits per heavy atom. The molecular formula is C20H17Br2N3O. The van der Waals surface area contributed by atoms with Crippen LogP contribution < -0.4 is 4.74 Å². The Kier molecular flexibility index (Phi) is 5.80. The van der Waals surface area contributed by atoms with Crippen molar-refractivity contribution in [2.45, 2.75) is 13.8 Å². The number of halogens is 2. The van der Waals surface area contributed by atoms with Gasteiger partial charge in [-0.25, -0.2) is 4.98 Å². The van der Waals surface area contributed by atoms with Crippen LogP contribution in [0.2, 0.25) is 0 Å². The largest absolute Gasteiger partial charge is 0.491 e. The van der Waals surface area contributed by atoms with Crippen molar-refractivity contribution in [3.8, 4) is 11.8 Å². The van der Waals surface area contributed by atoms with E-state index in [1.165, 1.54) is 0 Å². The smallest absolute Gasteiger partial charge is 0.149 e. The van der Waals surface area contributed by atoms with Gasteiger partial charge in [-0.3, -0.25) is 0 Å². The van der Waals surface area contributed by atoms with E-state index in [4.69, 9.17) is 4.74 Å². The summed E-state index contributed by atoms with van der Waals surface area (Å²) in [6.07, 6.45) is 1.81. The van der Waals surface area contributed by atoms with Crippen LogP contribution >= 0.6 is 31.9 Å². The average Bonchev–Trinajstić information content (AvgIpc) is 3.02. The third-order valence-electron chi connectivity index (χ3n) is 3.66. The fraction of sp³-hybridized carbons (Fsp3) is 0.200. The van der Waals surface area contributed by atoms with Crippen LogP contribution in [0.3, 0.4) is 0 Å². The first-order valence-electron chi connectivity index (χ1n) is 8.16. The zero-order chi connectivity index (χ0) is 18.7. The molecule has 0 saturated carbocycles. The van der Waals surface area contributed by atoms with Crippen LogP contribution in [0, 0.1) is 17.2 Å². The lowest BCUT2D eigenvalue weighted by Gasteiger charge is -2.13. The number of hydrogen-bond acceptors (Lipinski definition) is 3. The summed E-state index contributed by atoms with van der Waals surface area (Å²) in [5.74, 6) is 1.76. The van der Waals surface area contributed by atoms with Gasteiger partial charge in [-0.05, 0) is 73.7 Å². The summed E-state index contributed by atoms with van der Waals surface area (Å²) < 4.78 is 7.51. The zero-order valence-electron chi connectivity index (χ0n) is 14.4. The second-order valence-electron chi connectivity index (χ2n) is 6.29. The molecule has 2 aromatic carbocycles. The number of rotatable bonds is 5. The number of nitrogens with one attached hydrogen (secondary N) is 1. The molecule has 0 radical (unpaired) electrons. The minimum atomic E-state index is 0.437. The van der Waals surface area contributed by atoms with Gasteiger partial charge in [0.25, 0.3) is 0 Å². The van der Waals surface area contributed by atoms with E-state index in [2.05, 4.69) is 61.7 Å². The first kappa shape index (κ1) is 18.7. The maximum Gasteiger partial charge on any atom is 0.149 e. The van der Waals surface area contributed by atoms with Gasteiger partial charge in [0.05, 0.1) is 32.2 Å². The number of benzene rings is 2. The maximum absolute atomic E-state index is 9.58. The number of fused-ring (bicyclic) bond motifs is 1. The first-order valence-corrected chi connectivity index (χ1v) is 9.75. The van der Waals surface area contributed by atoms with Crippen molar-refractivity contribution in [3.63, 3.8) is 0 Å². The standard InChI is InChI=1S/C20H17Br2N3O/c1-12(2)11-26-19-15(21)8-13(9-16(19)22)7-14(10-23)20-24-17-5-3-4-6-18(17)25-20/h3-9,12H,11H2,1-2H3,(H,24,25)/b14-7+. The Labute approximate surface area is 169 Å². The number of allylic oxidation sites excluding steroid dienone is 1. The molecule has 0 fully saturated rings. The summed E-state index contributed by atoms with van der Waals surface area (Å²) >= 11 is 7.11. The molecule has 1 N–H and O–H groups in total. The molecular weight excluding hydrogens is 458 g/mol. The van der Waals surface area contributed by atoms with E-state index >= 15 is 0 Å². The number of aromatic nitrogens is 2. The number of hydrogen-bond donors (Lipinski definition) is 1. The topological polar surface area (TPSA) is 61.7 Å². The fourth-order valence-electron chi connectivity index (χ4n) is 2.45. The van der Waals surface area contributed by atoms with Crippen molar-refractivity contribution in [1.29, 1.82) is 5.26 Å². The Balaban J connectivity index is 1.95. The van der Waals surface area contributed by atoms with Gasteiger partial charge in [-0.15, -0.1) is 0 Å². The normalized spacial score (nSPS) is 11.8. The Bertz CT molecular complexity index is 959. The highest BCUT2D eigenvalue weighted by molar-refractivity contribution is 9.11. The molecule has 0 atom stereocenters. The maximum atomic E-state index is 9.58. The van der Waals surface area contributed by atoms with Crippen molar-refractivity contribution in [2.24, 2.45) is 5.92 Å². The van der Waals surface area contributed by atoms with Gasteiger partial charge in [0.2, 0.25) is 0 Å². The monoisotopic (exact) mass is 473 g/mol. The molecule has 132 valence electrons. The van der Waals surface area contributed by atoms with Gasteiger partial charge >= 0.3 is 0 Å². The Morgan fingerprint density at radius 3 is 2.58 bits per heavy atom. The summed E-state index contributed by atoms with van der Waals surface area (Å²) in [4.78, 5) is 7.69. The Morgan fingerprint density at radius 1 is 1.27 bits per heavy atom. The van der Waals surface area contributed by atoms with Crippen LogP contribution in [0.5, 0.6) is 5.75 Å². The summed E-state index contributed by atoms with van der Waals surface area (Å²) in [6, 6.07) is 13.8. The van der Waals surface area contributed by atoms with E-state index in [-0.39, 0.29) is 0 Å². The quantitative estimate of drug-likeness (QED) is 0.448. The number of aromatic amines is 1. The number of nitriles is 1. The molecule has 0 saturated heterocycles.